The van der Waals surface area contributed by atoms with Crippen molar-refractivity contribution in [2.45, 2.75) is 51.9 Å². The number of aryl methyl sites for hydroxylation is 1. The molecule has 0 saturated carbocycles. The molecule has 0 atom stereocenters. The number of halogens is 3. The Labute approximate surface area is 217 Å². The van der Waals surface area contributed by atoms with Crippen LogP contribution in [0.3, 0.4) is 0 Å². The highest BCUT2D eigenvalue weighted by atomic mass is 32.3. The minimum absolute atomic E-state index is 0.550. The molecule has 37 heavy (non-hydrogen) atoms. The van der Waals surface area contributed by atoms with Crippen molar-refractivity contribution in [3.63, 3.8) is 0 Å². The Morgan fingerprint density at radius 1 is 0.676 bits per heavy atom. The van der Waals surface area contributed by atoms with Crippen molar-refractivity contribution < 1.29 is 25.2 Å². The topological polar surface area (TPSA) is 43.4 Å². The summed E-state index contributed by atoms with van der Waals surface area (Å²) in [7, 11) is -7.53. The van der Waals surface area contributed by atoms with Crippen LogP contribution in [0.2, 0.25) is 0 Å². The lowest BCUT2D eigenvalue weighted by molar-refractivity contribution is -0.137. The Hall–Kier alpha value is -3.07. The van der Waals surface area contributed by atoms with Crippen LogP contribution in [0.4, 0.5) is 13.2 Å². The highest BCUT2D eigenvalue weighted by molar-refractivity contribution is 8.33. The fourth-order valence-corrected chi connectivity index (χ4v) is 9.25. The van der Waals surface area contributed by atoms with Crippen molar-refractivity contribution in [2.75, 3.05) is 0 Å². The van der Waals surface area contributed by atoms with E-state index in [0.717, 1.165) is 43.0 Å². The second kappa shape index (κ2) is 11.1. The number of unbranched alkanes of at least 4 members (excludes halogenated alkanes) is 1. The second-order valence-electron chi connectivity index (χ2n) is 8.48. The first-order chi connectivity index (χ1) is 17.7. The average molecular weight is 545 g/mol. The number of hydrogen-bond acceptors (Lipinski definition) is 3. The zero-order valence-electron chi connectivity index (χ0n) is 20.2. The molecule has 0 aromatic heterocycles. The van der Waals surface area contributed by atoms with E-state index in [1.807, 2.05) is 36.4 Å². The zero-order valence-corrected chi connectivity index (χ0v) is 21.8. The molecule has 4 aromatic carbocycles. The van der Waals surface area contributed by atoms with Crippen molar-refractivity contribution in [1.29, 1.82) is 0 Å². The Morgan fingerprint density at radius 3 is 1.70 bits per heavy atom. The van der Waals surface area contributed by atoms with Gasteiger partial charge in [0.15, 0.2) is 0 Å². The summed E-state index contributed by atoms with van der Waals surface area (Å²) in [5.74, 6) is 0. The van der Waals surface area contributed by atoms with Crippen LogP contribution in [0.25, 0.3) is 0 Å². The summed E-state index contributed by atoms with van der Waals surface area (Å²) in [5, 5.41) is 0. The highest BCUT2D eigenvalue weighted by Gasteiger charge is 2.39. The fraction of sp³-hybridized carbons (Fsp3) is 0.172. The van der Waals surface area contributed by atoms with Gasteiger partial charge in [-0.3, -0.25) is 0 Å². The summed E-state index contributed by atoms with van der Waals surface area (Å²) < 4.78 is 73.7. The van der Waals surface area contributed by atoms with Crippen LogP contribution in [0, 0.1) is 0 Å². The number of rotatable bonds is 9. The maximum atomic E-state index is 13.7. The number of hydrogen-bond donors (Lipinski definition) is 0. The molecule has 0 spiro atoms. The van der Waals surface area contributed by atoms with Gasteiger partial charge in [-0.1, -0.05) is 67.9 Å². The van der Waals surface area contributed by atoms with Crippen LogP contribution in [-0.4, -0.2) is 8.42 Å². The van der Waals surface area contributed by atoms with Gasteiger partial charge in [-0.15, -0.1) is 0 Å². The molecule has 0 heterocycles. The third-order valence-electron chi connectivity index (χ3n) is 5.87. The predicted octanol–water partition coefficient (Wildman–Crippen LogP) is 8.65. The van der Waals surface area contributed by atoms with E-state index in [-0.39, 0.29) is 0 Å². The van der Waals surface area contributed by atoms with Gasteiger partial charge in [0.2, 0.25) is 0 Å². The van der Waals surface area contributed by atoms with Gasteiger partial charge in [0.05, 0.1) is 10.5 Å². The first kappa shape index (κ1) is 27.0. The van der Waals surface area contributed by atoms with Crippen LogP contribution in [0.15, 0.2) is 129 Å². The maximum absolute atomic E-state index is 13.7. The van der Waals surface area contributed by atoms with E-state index < -0.39 is 37.1 Å². The quantitative estimate of drug-likeness (QED) is 0.212. The fourth-order valence-electron chi connectivity index (χ4n) is 3.98. The molecule has 0 aliphatic heterocycles. The molecular weight excluding hydrogens is 517 g/mol. The van der Waals surface area contributed by atoms with Gasteiger partial charge in [-0.05, 0) is 83.3 Å². The first-order valence-corrected chi connectivity index (χ1v) is 14.8. The second-order valence-corrected chi connectivity index (χ2v) is 12.9. The lowest BCUT2D eigenvalue weighted by atomic mass is 10.1. The monoisotopic (exact) mass is 544 g/mol. The molecule has 3 nitrogen and oxygen atoms in total. The van der Waals surface area contributed by atoms with Crippen LogP contribution in [-0.2, 0) is 26.3 Å². The molecule has 0 aliphatic carbocycles. The number of benzene rings is 4. The Bertz CT molecular complexity index is 1380. The summed E-state index contributed by atoms with van der Waals surface area (Å²) in [5.41, 5.74) is 0.0539. The number of alkyl halides is 3. The lowest BCUT2D eigenvalue weighted by Crippen LogP contribution is -2.15. The molecular formula is C29H27F3O3S2. The molecule has 0 unspecified atom stereocenters. The minimum atomic E-state index is -4.69. The normalized spacial score (nSPS) is 12.9. The Morgan fingerprint density at radius 2 is 1.19 bits per heavy atom. The van der Waals surface area contributed by atoms with E-state index in [1.165, 1.54) is 0 Å². The maximum Gasteiger partial charge on any atom is 0.416 e. The van der Waals surface area contributed by atoms with Crippen molar-refractivity contribution in [2.24, 2.45) is 0 Å². The summed E-state index contributed by atoms with van der Waals surface area (Å²) in [6, 6.07) is 29.2. The molecule has 194 valence electrons. The SMILES string of the molecule is CCCCc1ccc(S(OS(=O)(=O)c2cccc(C(F)(F)F)c2)(c2ccccc2)c2ccccc2)cc1. The molecule has 0 N–H and O–H groups in total. The summed E-state index contributed by atoms with van der Waals surface area (Å²) >= 11 is 0. The van der Waals surface area contributed by atoms with E-state index in [9.17, 15) is 21.6 Å². The summed E-state index contributed by atoms with van der Waals surface area (Å²) in [6.07, 6.45) is -1.74. The molecule has 4 rings (SSSR count). The van der Waals surface area contributed by atoms with E-state index in [0.29, 0.717) is 20.8 Å². The largest absolute Gasteiger partial charge is 0.416 e. The van der Waals surface area contributed by atoms with Gasteiger partial charge in [-0.2, -0.15) is 21.6 Å². The smallest absolute Gasteiger partial charge is 0.203 e. The zero-order chi connectivity index (χ0) is 26.5. The molecule has 0 fully saturated rings. The van der Waals surface area contributed by atoms with Crippen LogP contribution < -0.4 is 0 Å². The van der Waals surface area contributed by atoms with Crippen molar-refractivity contribution in [3.8, 4) is 0 Å². The molecule has 0 radical (unpaired) electrons. The van der Waals surface area contributed by atoms with Gasteiger partial charge in [0, 0.05) is 14.7 Å². The summed E-state index contributed by atoms with van der Waals surface area (Å²) in [4.78, 5) is 1.29. The van der Waals surface area contributed by atoms with E-state index >= 15 is 0 Å². The molecule has 0 bridgehead atoms. The van der Waals surface area contributed by atoms with E-state index in [4.69, 9.17) is 3.63 Å². The molecule has 0 aliphatic rings. The third kappa shape index (κ3) is 5.92. The van der Waals surface area contributed by atoms with E-state index in [2.05, 4.69) is 6.92 Å². The Balaban J connectivity index is 1.93. The van der Waals surface area contributed by atoms with Crippen LogP contribution in [0.5, 0.6) is 0 Å². The average Bonchev–Trinajstić information content (AvgIpc) is 2.91. The molecule has 8 heteroatoms. The Kier molecular flexibility index (Phi) is 8.11. The van der Waals surface area contributed by atoms with Crippen molar-refractivity contribution in [1.82, 2.24) is 0 Å². The minimum Gasteiger partial charge on any atom is -0.203 e. The van der Waals surface area contributed by atoms with Crippen molar-refractivity contribution >= 4 is 20.4 Å². The van der Waals surface area contributed by atoms with Crippen LogP contribution in [0.1, 0.15) is 30.9 Å². The molecule has 0 amide bonds. The van der Waals surface area contributed by atoms with E-state index in [1.54, 1.807) is 48.5 Å². The van der Waals surface area contributed by atoms with Gasteiger partial charge in [0.25, 0.3) is 0 Å². The van der Waals surface area contributed by atoms with Crippen LogP contribution >= 0.6 is 10.3 Å². The van der Waals surface area contributed by atoms with Gasteiger partial charge >= 0.3 is 16.3 Å². The van der Waals surface area contributed by atoms with Gasteiger partial charge in [0.1, 0.15) is 0 Å². The molecule has 4 aromatic rings. The van der Waals surface area contributed by atoms with Gasteiger partial charge < -0.3 is 0 Å². The highest BCUT2D eigenvalue weighted by Crippen LogP contribution is 2.70. The van der Waals surface area contributed by atoms with Gasteiger partial charge in [-0.25, -0.2) is 3.63 Å². The summed E-state index contributed by atoms with van der Waals surface area (Å²) in [6.45, 7) is 2.11. The predicted molar refractivity (Wildman–Crippen MR) is 140 cm³/mol. The molecule has 0 saturated heterocycles. The van der Waals surface area contributed by atoms with Crippen molar-refractivity contribution in [3.05, 3.63) is 120 Å². The lowest BCUT2D eigenvalue weighted by Gasteiger charge is -2.39. The first-order valence-electron chi connectivity index (χ1n) is 11.8. The standard InChI is InChI=1S/C29H27F3O3S2/c1-2-3-11-23-18-20-27(21-19-23)36(25-13-6-4-7-14-25,26-15-8-5-9-16-26)35-37(33,34)28-17-10-12-24(22-28)29(30,31)32/h4-10,12-22H,2-3,11H2,1H3. The third-order valence-corrected chi connectivity index (χ3v) is 11.0.